The summed E-state index contributed by atoms with van der Waals surface area (Å²) in [4.78, 5) is 12.0. The molecule has 0 bridgehead atoms. The fraction of sp³-hybridized carbons (Fsp3) is 0.222. The van der Waals surface area contributed by atoms with Gasteiger partial charge in [-0.1, -0.05) is 36.4 Å². The molecule has 0 atom stereocenters. The minimum absolute atomic E-state index is 0.0648. The number of carbonyl (C=O) groups is 1. The Bertz CT molecular complexity index is 1330. The SMILES string of the molecule is COc1cc(NS(=O)(=O)c2ccc(C=CCNC(=O)COCc3ccc(F)cc3)cc2)cc(OC)c1OC. The number of carbonyl (C=O) groups excluding carboxylic acids is 1. The molecule has 202 valence electrons. The Morgan fingerprint density at radius 3 is 2.13 bits per heavy atom. The molecule has 0 aliphatic heterocycles. The Labute approximate surface area is 221 Å². The molecule has 3 aromatic rings. The Hall–Kier alpha value is -4.09. The molecule has 0 heterocycles. The van der Waals surface area contributed by atoms with Crippen LogP contribution in [0.15, 0.2) is 71.6 Å². The molecule has 0 spiro atoms. The number of hydrogen-bond donors (Lipinski definition) is 2. The van der Waals surface area contributed by atoms with E-state index in [4.69, 9.17) is 18.9 Å². The van der Waals surface area contributed by atoms with E-state index in [1.54, 1.807) is 36.4 Å². The van der Waals surface area contributed by atoms with Crippen LogP contribution in [0.3, 0.4) is 0 Å². The van der Waals surface area contributed by atoms with Gasteiger partial charge in [0.15, 0.2) is 11.5 Å². The molecular weight excluding hydrogens is 515 g/mol. The first-order valence-corrected chi connectivity index (χ1v) is 12.9. The van der Waals surface area contributed by atoms with Crippen LogP contribution in [0.2, 0.25) is 0 Å². The van der Waals surface area contributed by atoms with E-state index in [2.05, 4.69) is 10.0 Å². The van der Waals surface area contributed by atoms with Crippen molar-refractivity contribution >= 4 is 27.7 Å². The minimum atomic E-state index is -3.88. The van der Waals surface area contributed by atoms with Gasteiger partial charge < -0.3 is 24.3 Å². The van der Waals surface area contributed by atoms with Gasteiger partial charge in [-0.3, -0.25) is 9.52 Å². The van der Waals surface area contributed by atoms with Gasteiger partial charge in [-0.05, 0) is 35.4 Å². The van der Waals surface area contributed by atoms with Gasteiger partial charge in [0.25, 0.3) is 10.0 Å². The molecule has 0 aliphatic carbocycles. The molecule has 0 saturated heterocycles. The van der Waals surface area contributed by atoms with Gasteiger partial charge in [0.05, 0.1) is 38.5 Å². The van der Waals surface area contributed by atoms with E-state index in [-0.39, 0.29) is 42.1 Å². The van der Waals surface area contributed by atoms with Crippen LogP contribution in [-0.2, 0) is 26.2 Å². The third kappa shape index (κ3) is 7.95. The molecule has 3 aromatic carbocycles. The molecule has 11 heteroatoms. The molecule has 0 fully saturated rings. The van der Waals surface area contributed by atoms with Gasteiger partial charge in [-0.25, -0.2) is 12.8 Å². The lowest BCUT2D eigenvalue weighted by Gasteiger charge is -2.15. The van der Waals surface area contributed by atoms with E-state index >= 15 is 0 Å². The van der Waals surface area contributed by atoms with Crippen LogP contribution in [0.25, 0.3) is 6.08 Å². The van der Waals surface area contributed by atoms with E-state index in [1.807, 2.05) is 0 Å². The molecule has 0 aliphatic rings. The van der Waals surface area contributed by atoms with Crippen LogP contribution >= 0.6 is 0 Å². The van der Waals surface area contributed by atoms with Crippen molar-refractivity contribution in [1.82, 2.24) is 5.32 Å². The fourth-order valence-electron chi connectivity index (χ4n) is 3.37. The van der Waals surface area contributed by atoms with Crippen molar-refractivity contribution < 1.29 is 36.6 Å². The summed E-state index contributed by atoms with van der Waals surface area (Å²) < 4.78 is 62.3. The van der Waals surface area contributed by atoms with Gasteiger partial charge in [-0.15, -0.1) is 0 Å². The summed E-state index contributed by atoms with van der Waals surface area (Å²) in [5.74, 6) is 0.355. The largest absolute Gasteiger partial charge is 0.493 e. The molecule has 0 aromatic heterocycles. The Morgan fingerprint density at radius 1 is 0.921 bits per heavy atom. The van der Waals surface area contributed by atoms with Crippen LogP contribution in [0.5, 0.6) is 17.2 Å². The average Bonchev–Trinajstić information content (AvgIpc) is 2.91. The van der Waals surface area contributed by atoms with Crippen LogP contribution < -0.4 is 24.2 Å². The molecule has 1 amide bonds. The molecule has 0 radical (unpaired) electrons. The predicted octanol–water partition coefficient (Wildman–Crippen LogP) is 4.00. The highest BCUT2D eigenvalue weighted by Crippen LogP contribution is 2.40. The summed E-state index contributed by atoms with van der Waals surface area (Å²) >= 11 is 0. The first kappa shape index (κ1) is 28.5. The van der Waals surface area contributed by atoms with Gasteiger partial charge in [-0.2, -0.15) is 0 Å². The number of anilines is 1. The summed E-state index contributed by atoms with van der Waals surface area (Å²) in [5, 5.41) is 2.69. The second kappa shape index (κ2) is 13.5. The number of ether oxygens (including phenoxy) is 4. The number of methoxy groups -OCH3 is 3. The second-order valence-corrected chi connectivity index (χ2v) is 9.60. The number of sulfonamides is 1. The van der Waals surface area contributed by atoms with E-state index in [1.165, 1.54) is 57.7 Å². The quantitative estimate of drug-likeness (QED) is 0.335. The van der Waals surface area contributed by atoms with E-state index < -0.39 is 10.0 Å². The lowest BCUT2D eigenvalue weighted by atomic mass is 10.2. The maximum Gasteiger partial charge on any atom is 0.261 e. The predicted molar refractivity (Wildman–Crippen MR) is 141 cm³/mol. The van der Waals surface area contributed by atoms with Crippen molar-refractivity contribution in [2.24, 2.45) is 0 Å². The topological polar surface area (TPSA) is 112 Å². The summed E-state index contributed by atoms with van der Waals surface area (Å²) in [6.45, 7) is 0.339. The van der Waals surface area contributed by atoms with Crippen LogP contribution in [0.1, 0.15) is 11.1 Å². The van der Waals surface area contributed by atoms with Crippen molar-refractivity contribution in [1.29, 1.82) is 0 Å². The number of amides is 1. The minimum Gasteiger partial charge on any atom is -0.493 e. The van der Waals surface area contributed by atoms with Gasteiger partial charge in [0.1, 0.15) is 12.4 Å². The van der Waals surface area contributed by atoms with Crippen molar-refractivity contribution in [2.45, 2.75) is 11.5 Å². The fourth-order valence-corrected chi connectivity index (χ4v) is 4.41. The van der Waals surface area contributed by atoms with Gasteiger partial charge in [0, 0.05) is 18.7 Å². The van der Waals surface area contributed by atoms with Crippen molar-refractivity contribution in [3.63, 3.8) is 0 Å². The standard InChI is InChI=1S/C27H29FN2O7S/c1-34-24-15-22(16-25(35-2)27(24)36-3)30-38(32,33)23-12-8-19(9-13-23)5-4-14-29-26(31)18-37-17-20-6-10-21(28)11-7-20/h4-13,15-16,30H,14,17-18H2,1-3H3,(H,29,31). The molecule has 2 N–H and O–H groups in total. The number of halogens is 1. The zero-order chi connectivity index (χ0) is 27.5. The zero-order valence-corrected chi connectivity index (χ0v) is 22.0. The Kier molecular flexibility index (Phi) is 10.1. The van der Waals surface area contributed by atoms with E-state index in [0.29, 0.717) is 17.2 Å². The molecule has 38 heavy (non-hydrogen) atoms. The smallest absolute Gasteiger partial charge is 0.261 e. The van der Waals surface area contributed by atoms with Crippen molar-refractivity contribution in [3.05, 3.63) is 83.7 Å². The highest BCUT2D eigenvalue weighted by Gasteiger charge is 2.18. The van der Waals surface area contributed by atoms with Crippen molar-refractivity contribution in [3.8, 4) is 17.2 Å². The average molecular weight is 545 g/mol. The molecule has 3 rings (SSSR count). The zero-order valence-electron chi connectivity index (χ0n) is 21.2. The highest BCUT2D eigenvalue weighted by atomic mass is 32.2. The lowest BCUT2D eigenvalue weighted by Crippen LogP contribution is -2.27. The maximum absolute atomic E-state index is 12.9. The second-order valence-electron chi connectivity index (χ2n) is 7.91. The summed E-state index contributed by atoms with van der Waals surface area (Å²) in [6, 6.07) is 15.1. The number of nitrogens with one attached hydrogen (secondary N) is 2. The van der Waals surface area contributed by atoms with E-state index in [9.17, 15) is 17.6 Å². The monoisotopic (exact) mass is 544 g/mol. The summed E-state index contributed by atoms with van der Waals surface area (Å²) in [5.41, 5.74) is 1.77. The van der Waals surface area contributed by atoms with Crippen LogP contribution in [0, 0.1) is 5.82 Å². The maximum atomic E-state index is 12.9. The molecule has 0 saturated carbocycles. The Morgan fingerprint density at radius 2 is 1.55 bits per heavy atom. The number of hydrogen-bond acceptors (Lipinski definition) is 7. The molecule has 9 nitrogen and oxygen atoms in total. The normalized spacial score (nSPS) is 11.3. The highest BCUT2D eigenvalue weighted by molar-refractivity contribution is 7.92. The first-order chi connectivity index (χ1) is 18.2. The van der Waals surface area contributed by atoms with Gasteiger partial charge >= 0.3 is 0 Å². The Balaban J connectivity index is 1.51. The number of rotatable bonds is 13. The van der Waals surface area contributed by atoms with Crippen LogP contribution in [0.4, 0.5) is 10.1 Å². The third-order valence-electron chi connectivity index (χ3n) is 5.25. The first-order valence-electron chi connectivity index (χ1n) is 11.4. The lowest BCUT2D eigenvalue weighted by molar-refractivity contribution is -0.125. The number of benzene rings is 3. The summed E-state index contributed by atoms with van der Waals surface area (Å²) in [7, 11) is 0.460. The van der Waals surface area contributed by atoms with Gasteiger partial charge in [0.2, 0.25) is 11.7 Å². The van der Waals surface area contributed by atoms with Crippen LogP contribution in [-0.4, -0.2) is 48.8 Å². The van der Waals surface area contributed by atoms with E-state index in [0.717, 1.165) is 11.1 Å². The summed E-state index contributed by atoms with van der Waals surface area (Å²) in [6.07, 6.45) is 3.48. The third-order valence-corrected chi connectivity index (χ3v) is 6.65. The van der Waals surface area contributed by atoms with Crippen molar-refractivity contribution in [2.75, 3.05) is 39.2 Å². The molecule has 0 unspecified atom stereocenters. The molecular formula is C27H29FN2O7S.